The molecule has 33 heavy (non-hydrogen) atoms. The van der Waals surface area contributed by atoms with Gasteiger partial charge in [-0.05, 0) is 48.9 Å². The molecule has 2 aromatic carbocycles. The highest BCUT2D eigenvalue weighted by Gasteiger charge is 2.13. The van der Waals surface area contributed by atoms with Gasteiger partial charge in [0.05, 0.1) is 29.8 Å². The van der Waals surface area contributed by atoms with E-state index in [9.17, 15) is 9.18 Å². The summed E-state index contributed by atoms with van der Waals surface area (Å²) in [4.78, 5) is 25.2. The van der Waals surface area contributed by atoms with Crippen LogP contribution in [0.4, 0.5) is 14.9 Å². The van der Waals surface area contributed by atoms with Crippen molar-refractivity contribution in [2.45, 2.75) is 13.5 Å². The molecule has 3 aromatic heterocycles. The Morgan fingerprint density at radius 3 is 2.85 bits per heavy atom. The van der Waals surface area contributed by atoms with E-state index in [4.69, 9.17) is 4.74 Å². The summed E-state index contributed by atoms with van der Waals surface area (Å²) in [5.41, 5.74) is 2.43. The number of nitrogens with zero attached hydrogens (tertiary/aromatic N) is 5. The normalized spacial score (nSPS) is 11.0. The third-order valence-electron chi connectivity index (χ3n) is 5.07. The first kappa shape index (κ1) is 20.4. The van der Waals surface area contributed by atoms with E-state index in [2.05, 4.69) is 20.3 Å². The van der Waals surface area contributed by atoms with E-state index >= 15 is 0 Å². The van der Waals surface area contributed by atoms with Gasteiger partial charge in [-0.25, -0.2) is 24.1 Å². The number of aromatic nitrogens is 5. The van der Waals surface area contributed by atoms with Gasteiger partial charge in [0.15, 0.2) is 0 Å². The van der Waals surface area contributed by atoms with Crippen LogP contribution in [-0.2, 0) is 6.54 Å². The minimum Gasteiger partial charge on any atom is -0.439 e. The Labute approximate surface area is 188 Å². The lowest BCUT2D eigenvalue weighted by atomic mass is 10.2. The third-order valence-corrected chi connectivity index (χ3v) is 5.07. The number of halogens is 1. The van der Waals surface area contributed by atoms with E-state index in [1.807, 2.05) is 23.8 Å². The molecule has 5 rings (SSSR count). The maximum absolute atomic E-state index is 14.0. The van der Waals surface area contributed by atoms with E-state index in [1.165, 1.54) is 17.0 Å². The molecule has 0 saturated heterocycles. The number of ether oxygens (including phenoxy) is 1. The molecule has 0 aliphatic carbocycles. The van der Waals surface area contributed by atoms with Gasteiger partial charge in [-0.15, -0.1) is 0 Å². The summed E-state index contributed by atoms with van der Waals surface area (Å²) in [5.74, 6) is 0.489. The molecule has 0 aliphatic heterocycles. The lowest BCUT2D eigenvalue weighted by molar-refractivity contribution is 0.254. The lowest BCUT2D eigenvalue weighted by Gasteiger charge is -2.10. The van der Waals surface area contributed by atoms with E-state index in [0.29, 0.717) is 23.7 Å². The van der Waals surface area contributed by atoms with Crippen molar-refractivity contribution < 1.29 is 13.9 Å². The van der Waals surface area contributed by atoms with Gasteiger partial charge in [0.25, 0.3) is 0 Å². The number of amides is 1. The van der Waals surface area contributed by atoms with Crippen LogP contribution < -0.4 is 10.1 Å². The average molecular weight is 442 g/mol. The number of nitrogens with one attached hydrogen (secondary N) is 1. The zero-order valence-corrected chi connectivity index (χ0v) is 17.6. The molecule has 0 spiro atoms. The molecule has 0 fully saturated rings. The molecule has 0 unspecified atom stereocenters. The number of anilines is 1. The largest absolute Gasteiger partial charge is 0.439 e. The van der Waals surface area contributed by atoms with Gasteiger partial charge in [-0.3, -0.25) is 4.57 Å². The van der Waals surface area contributed by atoms with Crippen LogP contribution in [0.25, 0.3) is 10.9 Å². The molecular formula is C24H19FN6O2. The second kappa shape index (κ2) is 8.54. The second-order valence-corrected chi connectivity index (χ2v) is 7.50. The summed E-state index contributed by atoms with van der Waals surface area (Å²) in [6.45, 7) is 2.39. The van der Waals surface area contributed by atoms with Crippen molar-refractivity contribution in [1.82, 2.24) is 24.1 Å². The molecule has 8 nitrogen and oxygen atoms in total. The van der Waals surface area contributed by atoms with Crippen LogP contribution in [0.2, 0.25) is 0 Å². The van der Waals surface area contributed by atoms with Crippen LogP contribution in [0.3, 0.4) is 0 Å². The van der Waals surface area contributed by atoms with Crippen molar-refractivity contribution in [1.29, 1.82) is 0 Å². The van der Waals surface area contributed by atoms with Crippen molar-refractivity contribution in [3.8, 4) is 11.6 Å². The number of benzene rings is 2. The highest BCUT2D eigenvalue weighted by Crippen LogP contribution is 2.26. The van der Waals surface area contributed by atoms with Gasteiger partial charge in [-0.2, -0.15) is 0 Å². The second-order valence-electron chi connectivity index (χ2n) is 7.50. The zero-order chi connectivity index (χ0) is 22.8. The first-order chi connectivity index (χ1) is 16.0. The summed E-state index contributed by atoms with van der Waals surface area (Å²) in [7, 11) is 0. The highest BCUT2D eigenvalue weighted by molar-refractivity contribution is 5.98. The molecular weight excluding hydrogens is 423 g/mol. The van der Waals surface area contributed by atoms with E-state index in [0.717, 1.165) is 16.6 Å². The molecule has 1 N–H and O–H groups in total. The maximum atomic E-state index is 14.0. The summed E-state index contributed by atoms with van der Waals surface area (Å²) in [6.07, 6.45) is 8.35. The predicted octanol–water partition coefficient (Wildman–Crippen LogP) is 5.00. The number of hydrogen-bond donors (Lipinski definition) is 1. The van der Waals surface area contributed by atoms with Crippen molar-refractivity contribution >= 4 is 22.6 Å². The summed E-state index contributed by atoms with van der Waals surface area (Å²) in [5, 5.41) is 3.41. The average Bonchev–Trinajstić information content (AvgIpc) is 3.46. The van der Waals surface area contributed by atoms with E-state index < -0.39 is 11.8 Å². The molecule has 0 aliphatic rings. The SMILES string of the molecule is Cc1ccc(F)c(NC(=O)n2ccc3cc(Oc4cc(Cn5ccnc5)ncn4)ccc32)c1. The minimum absolute atomic E-state index is 0.136. The molecule has 0 bridgehead atoms. The van der Waals surface area contributed by atoms with Gasteiger partial charge in [-0.1, -0.05) is 6.07 Å². The van der Waals surface area contributed by atoms with Crippen LogP contribution in [-0.4, -0.2) is 30.1 Å². The summed E-state index contributed by atoms with van der Waals surface area (Å²) < 4.78 is 23.3. The van der Waals surface area contributed by atoms with E-state index in [-0.39, 0.29) is 5.69 Å². The number of hydrogen-bond acceptors (Lipinski definition) is 5. The number of fused-ring (bicyclic) bond motifs is 1. The van der Waals surface area contributed by atoms with Crippen LogP contribution in [0.15, 0.2) is 79.8 Å². The number of rotatable bonds is 5. The molecule has 0 radical (unpaired) electrons. The van der Waals surface area contributed by atoms with Gasteiger partial charge in [0.2, 0.25) is 5.88 Å². The molecule has 0 saturated carbocycles. The van der Waals surface area contributed by atoms with Gasteiger partial charge in [0, 0.05) is 30.0 Å². The third kappa shape index (κ3) is 4.42. The minimum atomic E-state index is -0.488. The molecule has 1 amide bonds. The smallest absolute Gasteiger partial charge is 0.330 e. The zero-order valence-electron chi connectivity index (χ0n) is 17.6. The Morgan fingerprint density at radius 2 is 2.00 bits per heavy atom. The first-order valence-corrected chi connectivity index (χ1v) is 10.2. The van der Waals surface area contributed by atoms with Crippen molar-refractivity contribution in [3.63, 3.8) is 0 Å². The summed E-state index contributed by atoms with van der Waals surface area (Å²) >= 11 is 0. The number of aryl methyl sites for hydroxylation is 1. The topological polar surface area (TPSA) is 86.9 Å². The van der Waals surface area contributed by atoms with Crippen molar-refractivity contribution in [2.75, 3.05) is 5.32 Å². The maximum Gasteiger partial charge on any atom is 0.330 e. The van der Waals surface area contributed by atoms with Crippen LogP contribution >= 0.6 is 0 Å². The Morgan fingerprint density at radius 1 is 1.09 bits per heavy atom. The van der Waals surface area contributed by atoms with E-state index in [1.54, 1.807) is 55.1 Å². The Kier molecular flexibility index (Phi) is 5.27. The highest BCUT2D eigenvalue weighted by atomic mass is 19.1. The number of carbonyl (C=O) groups is 1. The Bertz CT molecular complexity index is 1440. The van der Waals surface area contributed by atoms with Gasteiger partial charge >= 0.3 is 6.03 Å². The number of carbonyl (C=O) groups excluding carboxylic acids is 1. The lowest BCUT2D eigenvalue weighted by Crippen LogP contribution is -2.19. The van der Waals surface area contributed by atoms with Crippen molar-refractivity contribution in [2.24, 2.45) is 0 Å². The Hall–Kier alpha value is -4.53. The quantitative estimate of drug-likeness (QED) is 0.414. The Balaban J connectivity index is 1.34. The first-order valence-electron chi connectivity index (χ1n) is 10.2. The van der Waals surface area contributed by atoms with Gasteiger partial charge in [0.1, 0.15) is 17.9 Å². The molecule has 0 atom stereocenters. The molecule has 164 valence electrons. The van der Waals surface area contributed by atoms with Crippen LogP contribution in [0.5, 0.6) is 11.6 Å². The fourth-order valence-corrected chi connectivity index (χ4v) is 3.48. The van der Waals surface area contributed by atoms with Gasteiger partial charge < -0.3 is 14.6 Å². The number of imidazole rings is 1. The van der Waals surface area contributed by atoms with Crippen molar-refractivity contribution in [3.05, 3.63) is 96.9 Å². The summed E-state index contributed by atoms with van der Waals surface area (Å²) in [6, 6.07) is 13.0. The fourth-order valence-electron chi connectivity index (χ4n) is 3.48. The van der Waals surface area contributed by atoms with Crippen LogP contribution in [0, 0.1) is 12.7 Å². The van der Waals surface area contributed by atoms with Crippen LogP contribution in [0.1, 0.15) is 11.3 Å². The monoisotopic (exact) mass is 442 g/mol. The predicted molar refractivity (Wildman–Crippen MR) is 121 cm³/mol. The molecule has 5 aromatic rings. The molecule has 3 heterocycles. The molecule has 9 heteroatoms. The standard InChI is InChI=1S/C24H19FN6O2/c1-16-2-4-20(25)21(10-16)29-24(32)31-8-6-17-11-19(3-5-22(17)31)33-23-12-18(27-14-28-23)13-30-9-7-26-15-30/h2-12,14-15H,13H2,1H3,(H,29,32). The fraction of sp³-hybridized carbons (Fsp3) is 0.0833.